The number of methoxy groups -OCH3 is 1. The second-order valence-electron chi connectivity index (χ2n) is 10.9. The summed E-state index contributed by atoms with van der Waals surface area (Å²) in [6.45, 7) is 3.88. The Balaban J connectivity index is 1.22. The Kier molecular flexibility index (Phi) is 8.29. The van der Waals surface area contributed by atoms with Crippen molar-refractivity contribution >= 4 is 0 Å². The first kappa shape index (κ1) is 23.8. The van der Waals surface area contributed by atoms with Gasteiger partial charge in [0.15, 0.2) is 11.6 Å². The molecule has 0 saturated heterocycles. The zero-order chi connectivity index (χ0) is 22.5. The van der Waals surface area contributed by atoms with Crippen LogP contribution in [0.4, 0.5) is 8.78 Å². The quantitative estimate of drug-likeness (QED) is 0.382. The van der Waals surface area contributed by atoms with Crippen LogP contribution in [-0.4, -0.2) is 7.11 Å². The highest BCUT2D eigenvalue weighted by atomic mass is 19.2. The summed E-state index contributed by atoms with van der Waals surface area (Å²) >= 11 is 0. The lowest BCUT2D eigenvalue weighted by Crippen LogP contribution is -2.29. The Morgan fingerprint density at radius 3 is 1.78 bits per heavy atom. The predicted molar refractivity (Wildman–Crippen MR) is 128 cm³/mol. The monoisotopic (exact) mass is 444 g/mol. The van der Waals surface area contributed by atoms with Crippen LogP contribution in [-0.2, 0) is 0 Å². The standard InChI is InChI=1S/C29H42F2O/c1-3-4-5-20-6-8-21(9-7-20)22-10-12-23(13-11-22)24-14-16-25(17-15-24)26-18-19-27(32-2)29(31)28(26)30/h3,18-25H,1,4-17H2,2H3. The molecule has 1 aromatic rings. The lowest BCUT2D eigenvalue weighted by Gasteiger charge is -2.41. The summed E-state index contributed by atoms with van der Waals surface area (Å²) in [6, 6.07) is 3.31. The van der Waals surface area contributed by atoms with Gasteiger partial charge >= 0.3 is 0 Å². The third-order valence-corrected chi connectivity index (χ3v) is 9.33. The van der Waals surface area contributed by atoms with E-state index in [1.54, 1.807) is 12.1 Å². The molecule has 0 aromatic heterocycles. The van der Waals surface area contributed by atoms with Gasteiger partial charge in [-0.25, -0.2) is 4.39 Å². The van der Waals surface area contributed by atoms with E-state index in [4.69, 9.17) is 4.74 Å². The molecule has 0 aliphatic heterocycles. The molecular weight excluding hydrogens is 402 g/mol. The molecular formula is C29H42F2O. The van der Waals surface area contributed by atoms with Crippen LogP contribution in [0.5, 0.6) is 5.75 Å². The summed E-state index contributed by atoms with van der Waals surface area (Å²) in [4.78, 5) is 0. The Bertz CT molecular complexity index is 736. The van der Waals surface area contributed by atoms with Gasteiger partial charge in [-0.2, -0.15) is 4.39 Å². The molecule has 3 aliphatic carbocycles. The van der Waals surface area contributed by atoms with Gasteiger partial charge in [0.25, 0.3) is 0 Å². The van der Waals surface area contributed by atoms with Gasteiger partial charge in [0.1, 0.15) is 0 Å². The fraction of sp³-hybridized carbons (Fsp3) is 0.724. The van der Waals surface area contributed by atoms with Crippen LogP contribution >= 0.6 is 0 Å². The molecule has 178 valence electrons. The maximum absolute atomic E-state index is 14.5. The van der Waals surface area contributed by atoms with E-state index in [9.17, 15) is 8.78 Å². The number of hydrogen-bond acceptors (Lipinski definition) is 1. The van der Waals surface area contributed by atoms with Crippen molar-refractivity contribution in [1.82, 2.24) is 0 Å². The molecule has 0 heterocycles. The summed E-state index contributed by atoms with van der Waals surface area (Å²) in [5.41, 5.74) is 0.550. The van der Waals surface area contributed by atoms with Crippen LogP contribution in [0.1, 0.15) is 101 Å². The summed E-state index contributed by atoms with van der Waals surface area (Å²) in [5.74, 6) is 3.13. The molecule has 0 amide bonds. The molecule has 0 spiro atoms. The first-order chi connectivity index (χ1) is 15.6. The molecule has 0 bridgehead atoms. The first-order valence-electron chi connectivity index (χ1n) is 13.2. The minimum absolute atomic E-state index is 0.00180. The number of halogens is 2. The van der Waals surface area contributed by atoms with Gasteiger partial charge in [-0.1, -0.05) is 25.0 Å². The minimum atomic E-state index is -0.833. The molecule has 3 aliphatic rings. The first-order valence-corrected chi connectivity index (χ1v) is 13.2. The topological polar surface area (TPSA) is 9.23 Å². The van der Waals surface area contributed by atoms with Crippen molar-refractivity contribution in [3.8, 4) is 5.75 Å². The third-order valence-electron chi connectivity index (χ3n) is 9.33. The average molecular weight is 445 g/mol. The number of ether oxygens (including phenoxy) is 1. The highest BCUT2D eigenvalue weighted by Gasteiger charge is 2.35. The molecule has 0 radical (unpaired) electrons. The molecule has 4 rings (SSSR count). The van der Waals surface area contributed by atoms with E-state index in [2.05, 4.69) is 12.7 Å². The summed E-state index contributed by atoms with van der Waals surface area (Å²) in [5, 5.41) is 0. The van der Waals surface area contributed by atoms with Crippen LogP contribution in [0, 0.1) is 41.2 Å². The van der Waals surface area contributed by atoms with Gasteiger partial charge < -0.3 is 4.74 Å². The number of hydrogen-bond donors (Lipinski definition) is 0. The second kappa shape index (κ2) is 11.2. The van der Waals surface area contributed by atoms with Crippen LogP contribution < -0.4 is 4.74 Å². The Labute approximate surface area is 194 Å². The fourth-order valence-electron chi connectivity index (χ4n) is 7.31. The van der Waals surface area contributed by atoms with Crippen LogP contribution in [0.2, 0.25) is 0 Å². The van der Waals surface area contributed by atoms with Gasteiger partial charge in [0.2, 0.25) is 5.82 Å². The van der Waals surface area contributed by atoms with Crippen molar-refractivity contribution in [2.45, 2.75) is 95.8 Å². The Hall–Kier alpha value is -1.38. The van der Waals surface area contributed by atoms with Crippen molar-refractivity contribution in [2.75, 3.05) is 7.11 Å². The molecule has 3 fully saturated rings. The number of rotatable bonds is 7. The largest absolute Gasteiger partial charge is 0.494 e. The van der Waals surface area contributed by atoms with E-state index in [1.165, 1.54) is 84.2 Å². The van der Waals surface area contributed by atoms with E-state index >= 15 is 0 Å². The van der Waals surface area contributed by atoms with Gasteiger partial charge in [-0.3, -0.25) is 0 Å². The molecule has 0 unspecified atom stereocenters. The number of benzene rings is 1. The predicted octanol–water partition coefficient (Wildman–Crippen LogP) is 8.83. The lowest BCUT2D eigenvalue weighted by molar-refractivity contribution is 0.109. The second-order valence-corrected chi connectivity index (χ2v) is 10.9. The maximum Gasteiger partial charge on any atom is 0.200 e. The average Bonchev–Trinajstić information content (AvgIpc) is 2.85. The summed E-state index contributed by atoms with van der Waals surface area (Å²) in [7, 11) is 1.38. The van der Waals surface area contributed by atoms with Crippen molar-refractivity contribution in [3.05, 3.63) is 42.0 Å². The lowest BCUT2D eigenvalue weighted by atomic mass is 9.64. The van der Waals surface area contributed by atoms with Gasteiger partial charge in [0.05, 0.1) is 7.11 Å². The van der Waals surface area contributed by atoms with E-state index in [-0.39, 0.29) is 11.7 Å². The van der Waals surface area contributed by atoms with E-state index in [1.807, 2.05) is 0 Å². The Morgan fingerprint density at radius 1 is 0.781 bits per heavy atom. The highest BCUT2D eigenvalue weighted by Crippen LogP contribution is 2.47. The molecule has 0 N–H and O–H groups in total. The van der Waals surface area contributed by atoms with Crippen LogP contribution in [0.25, 0.3) is 0 Å². The van der Waals surface area contributed by atoms with E-state index in [0.29, 0.717) is 5.56 Å². The SMILES string of the molecule is C=CCCC1CCC(C2CCC(C3CCC(c4ccc(OC)c(F)c4F)CC3)CC2)CC1. The van der Waals surface area contributed by atoms with Crippen LogP contribution in [0.15, 0.2) is 24.8 Å². The molecule has 3 saturated carbocycles. The Morgan fingerprint density at radius 2 is 1.28 bits per heavy atom. The fourth-order valence-corrected chi connectivity index (χ4v) is 7.31. The number of allylic oxidation sites excluding steroid dienone is 1. The van der Waals surface area contributed by atoms with Gasteiger partial charge in [-0.05, 0) is 124 Å². The molecule has 32 heavy (non-hydrogen) atoms. The normalized spacial score (nSPS) is 33.6. The van der Waals surface area contributed by atoms with Crippen molar-refractivity contribution in [3.63, 3.8) is 0 Å². The van der Waals surface area contributed by atoms with Gasteiger partial charge in [-0.15, -0.1) is 6.58 Å². The molecule has 1 aromatic carbocycles. The van der Waals surface area contributed by atoms with Crippen molar-refractivity contribution in [2.24, 2.45) is 29.6 Å². The third kappa shape index (κ3) is 5.39. The van der Waals surface area contributed by atoms with Gasteiger partial charge in [0, 0.05) is 0 Å². The smallest absolute Gasteiger partial charge is 0.200 e. The minimum Gasteiger partial charge on any atom is -0.494 e. The van der Waals surface area contributed by atoms with Crippen LogP contribution in [0.3, 0.4) is 0 Å². The zero-order valence-corrected chi connectivity index (χ0v) is 20.0. The maximum atomic E-state index is 14.5. The molecule has 1 nitrogen and oxygen atoms in total. The summed E-state index contributed by atoms with van der Waals surface area (Å²) in [6.07, 6.45) is 20.3. The highest BCUT2D eigenvalue weighted by molar-refractivity contribution is 5.33. The molecule has 3 heteroatoms. The zero-order valence-electron chi connectivity index (χ0n) is 20.0. The molecule has 0 atom stereocenters. The van der Waals surface area contributed by atoms with E-state index in [0.717, 1.165) is 42.4 Å². The van der Waals surface area contributed by atoms with E-state index < -0.39 is 11.6 Å². The summed E-state index contributed by atoms with van der Waals surface area (Å²) < 4.78 is 33.6. The van der Waals surface area contributed by atoms with Crippen molar-refractivity contribution < 1.29 is 13.5 Å². The van der Waals surface area contributed by atoms with Crippen molar-refractivity contribution in [1.29, 1.82) is 0 Å².